The fourth-order valence-electron chi connectivity index (χ4n) is 3.67. The van der Waals surface area contributed by atoms with E-state index in [1.165, 1.54) is 27.7 Å². The number of aliphatic hydroxyl groups is 2. The highest BCUT2D eigenvalue weighted by molar-refractivity contribution is 5.85. The molecular formula is C19H28N2O2. The summed E-state index contributed by atoms with van der Waals surface area (Å²) in [6.07, 6.45) is 1.08. The maximum absolute atomic E-state index is 10.5. The molecule has 2 heterocycles. The minimum atomic E-state index is -0.389. The largest absolute Gasteiger partial charge is 0.393 e. The molecule has 23 heavy (non-hydrogen) atoms. The van der Waals surface area contributed by atoms with E-state index in [-0.39, 0.29) is 12.2 Å². The zero-order valence-corrected chi connectivity index (χ0v) is 14.4. The van der Waals surface area contributed by atoms with Crippen molar-refractivity contribution in [2.24, 2.45) is 0 Å². The molecule has 0 radical (unpaired) electrons. The number of nitrogens with zero attached hydrogens (tertiary/aromatic N) is 2. The van der Waals surface area contributed by atoms with E-state index in [0.717, 1.165) is 25.9 Å². The zero-order valence-electron chi connectivity index (χ0n) is 14.4. The van der Waals surface area contributed by atoms with E-state index in [1.54, 1.807) is 0 Å². The number of likely N-dealkylation sites (tertiary alicyclic amines) is 1. The molecule has 1 atom stereocenters. The summed E-state index contributed by atoms with van der Waals surface area (Å²) < 4.78 is 2.24. The average Bonchev–Trinajstić information content (AvgIpc) is 2.74. The summed E-state index contributed by atoms with van der Waals surface area (Å²) in [7, 11) is 0. The van der Waals surface area contributed by atoms with Crippen LogP contribution in [0.3, 0.4) is 0 Å². The van der Waals surface area contributed by atoms with Gasteiger partial charge in [-0.1, -0.05) is 11.6 Å². The van der Waals surface area contributed by atoms with Crippen LogP contribution in [0.1, 0.15) is 29.7 Å². The van der Waals surface area contributed by atoms with Gasteiger partial charge in [0, 0.05) is 36.2 Å². The molecule has 126 valence electrons. The van der Waals surface area contributed by atoms with Crippen LogP contribution in [0.4, 0.5) is 0 Å². The first-order chi connectivity index (χ1) is 11.0. The number of β-amino-alcohol motifs (C(OH)–C–C–N with tert-alkyl or cyclic N) is 1. The van der Waals surface area contributed by atoms with Crippen molar-refractivity contribution in [2.75, 3.05) is 19.6 Å². The fraction of sp³-hybridized carbons (Fsp3) is 0.579. The van der Waals surface area contributed by atoms with Crippen molar-refractivity contribution in [3.8, 4) is 0 Å². The van der Waals surface area contributed by atoms with Gasteiger partial charge in [0.2, 0.25) is 0 Å². The van der Waals surface area contributed by atoms with Crippen LogP contribution < -0.4 is 0 Å². The topological polar surface area (TPSA) is 48.6 Å². The monoisotopic (exact) mass is 316 g/mol. The molecule has 1 aromatic carbocycles. The molecule has 4 nitrogen and oxygen atoms in total. The van der Waals surface area contributed by atoms with Gasteiger partial charge >= 0.3 is 0 Å². The summed E-state index contributed by atoms with van der Waals surface area (Å²) >= 11 is 0. The summed E-state index contributed by atoms with van der Waals surface area (Å²) in [5.41, 5.74) is 5.01. The summed E-state index contributed by atoms with van der Waals surface area (Å²) in [4.78, 5) is 2.26. The Labute approximate surface area is 138 Å². The van der Waals surface area contributed by atoms with Crippen molar-refractivity contribution in [2.45, 2.75) is 52.4 Å². The molecule has 2 aromatic rings. The first-order valence-electron chi connectivity index (χ1n) is 8.60. The van der Waals surface area contributed by atoms with Gasteiger partial charge in [0.25, 0.3) is 0 Å². The lowest BCUT2D eigenvalue weighted by atomic mass is 10.1. The predicted molar refractivity (Wildman–Crippen MR) is 93.8 cm³/mol. The second kappa shape index (κ2) is 6.63. The smallest absolute Gasteiger partial charge is 0.0845 e. The van der Waals surface area contributed by atoms with Gasteiger partial charge in [-0.3, -0.25) is 0 Å². The third kappa shape index (κ3) is 3.44. The van der Waals surface area contributed by atoms with E-state index in [9.17, 15) is 10.2 Å². The van der Waals surface area contributed by atoms with Crippen LogP contribution >= 0.6 is 0 Å². The minimum Gasteiger partial charge on any atom is -0.393 e. The Hall–Kier alpha value is -1.36. The lowest BCUT2D eigenvalue weighted by Crippen LogP contribution is -2.41. The van der Waals surface area contributed by atoms with Gasteiger partial charge in [0.1, 0.15) is 0 Å². The standard InChI is InChI=1S/C19H28N2O2/c1-13-4-5-19-18(10-13)14(2)15(3)21(19)12-17(23)11-20-8-6-16(22)7-9-20/h4-5,10,16-17,22-23H,6-9,11-12H2,1-3H3/t17-/m1/s1. The highest BCUT2D eigenvalue weighted by Gasteiger charge is 2.20. The maximum Gasteiger partial charge on any atom is 0.0845 e. The Morgan fingerprint density at radius 2 is 1.83 bits per heavy atom. The molecular weight excluding hydrogens is 288 g/mol. The second-order valence-corrected chi connectivity index (χ2v) is 7.03. The Kier molecular flexibility index (Phi) is 4.76. The summed E-state index contributed by atoms with van der Waals surface area (Å²) in [5, 5.41) is 21.4. The fourth-order valence-corrected chi connectivity index (χ4v) is 3.67. The van der Waals surface area contributed by atoms with Gasteiger partial charge in [-0.25, -0.2) is 0 Å². The molecule has 0 spiro atoms. The van der Waals surface area contributed by atoms with Gasteiger partial charge in [0.05, 0.1) is 18.8 Å². The SMILES string of the molecule is Cc1ccc2c(c1)c(C)c(C)n2C[C@H](O)CN1CCC(O)CC1. The molecule has 3 rings (SSSR count). The third-order valence-corrected chi connectivity index (χ3v) is 5.21. The molecule has 1 fully saturated rings. The lowest BCUT2D eigenvalue weighted by molar-refractivity contribution is 0.0461. The number of aromatic nitrogens is 1. The average molecular weight is 316 g/mol. The quantitative estimate of drug-likeness (QED) is 0.910. The van der Waals surface area contributed by atoms with E-state index in [4.69, 9.17) is 0 Å². The Morgan fingerprint density at radius 1 is 1.13 bits per heavy atom. The zero-order chi connectivity index (χ0) is 16.6. The van der Waals surface area contributed by atoms with Gasteiger partial charge in [-0.05, 0) is 51.3 Å². The van der Waals surface area contributed by atoms with Gasteiger partial charge in [-0.15, -0.1) is 0 Å². The molecule has 1 aliphatic heterocycles. The van der Waals surface area contributed by atoms with E-state index >= 15 is 0 Å². The Morgan fingerprint density at radius 3 is 2.52 bits per heavy atom. The molecule has 0 unspecified atom stereocenters. The van der Waals surface area contributed by atoms with Crippen molar-refractivity contribution >= 4 is 10.9 Å². The number of hydrogen-bond acceptors (Lipinski definition) is 3. The lowest BCUT2D eigenvalue weighted by Gasteiger charge is -2.31. The van der Waals surface area contributed by atoms with Gasteiger partial charge in [0.15, 0.2) is 0 Å². The molecule has 1 saturated heterocycles. The summed E-state index contributed by atoms with van der Waals surface area (Å²) in [6, 6.07) is 6.53. The second-order valence-electron chi connectivity index (χ2n) is 7.03. The highest BCUT2D eigenvalue weighted by Crippen LogP contribution is 2.26. The van der Waals surface area contributed by atoms with Gasteiger partial charge < -0.3 is 19.7 Å². The van der Waals surface area contributed by atoms with E-state index in [0.29, 0.717) is 13.1 Å². The highest BCUT2D eigenvalue weighted by atomic mass is 16.3. The maximum atomic E-state index is 10.5. The molecule has 1 aliphatic rings. The van der Waals surface area contributed by atoms with Crippen molar-refractivity contribution in [1.82, 2.24) is 9.47 Å². The molecule has 0 saturated carbocycles. The summed E-state index contributed by atoms with van der Waals surface area (Å²) in [5.74, 6) is 0. The number of piperidine rings is 1. The number of fused-ring (bicyclic) bond motifs is 1. The van der Waals surface area contributed by atoms with Crippen LogP contribution in [0.25, 0.3) is 10.9 Å². The van der Waals surface area contributed by atoms with Crippen molar-refractivity contribution in [3.05, 3.63) is 35.0 Å². The van der Waals surface area contributed by atoms with E-state index < -0.39 is 0 Å². The number of rotatable bonds is 4. The van der Waals surface area contributed by atoms with E-state index in [2.05, 4.69) is 48.4 Å². The van der Waals surface area contributed by atoms with Crippen LogP contribution in [-0.4, -0.2) is 51.5 Å². The number of aliphatic hydroxyl groups excluding tert-OH is 2. The van der Waals surface area contributed by atoms with E-state index in [1.807, 2.05) is 0 Å². The third-order valence-electron chi connectivity index (χ3n) is 5.21. The van der Waals surface area contributed by atoms with Crippen molar-refractivity contribution in [1.29, 1.82) is 0 Å². The summed E-state index contributed by atoms with van der Waals surface area (Å²) in [6.45, 7) is 9.46. The molecule has 2 N–H and O–H groups in total. The van der Waals surface area contributed by atoms with Crippen LogP contribution in [0.2, 0.25) is 0 Å². The van der Waals surface area contributed by atoms with Crippen molar-refractivity contribution in [3.63, 3.8) is 0 Å². The van der Waals surface area contributed by atoms with Crippen LogP contribution in [0.15, 0.2) is 18.2 Å². The molecule has 1 aromatic heterocycles. The molecule has 4 heteroatoms. The Bertz CT molecular complexity index is 684. The molecule has 0 bridgehead atoms. The Balaban J connectivity index is 1.74. The number of benzene rings is 1. The first kappa shape index (κ1) is 16.5. The van der Waals surface area contributed by atoms with Crippen LogP contribution in [0.5, 0.6) is 0 Å². The molecule has 0 amide bonds. The van der Waals surface area contributed by atoms with Gasteiger partial charge in [-0.2, -0.15) is 0 Å². The van der Waals surface area contributed by atoms with Crippen molar-refractivity contribution < 1.29 is 10.2 Å². The van der Waals surface area contributed by atoms with Crippen LogP contribution in [-0.2, 0) is 6.54 Å². The number of aryl methyl sites for hydroxylation is 2. The molecule has 0 aliphatic carbocycles. The van der Waals surface area contributed by atoms with Crippen LogP contribution in [0, 0.1) is 20.8 Å². The first-order valence-corrected chi connectivity index (χ1v) is 8.60. The normalized spacial score (nSPS) is 18.7. The minimum absolute atomic E-state index is 0.162. The number of hydrogen-bond donors (Lipinski definition) is 2. The predicted octanol–water partition coefficient (Wildman–Crippen LogP) is 2.38.